The van der Waals surface area contributed by atoms with Gasteiger partial charge in [0.1, 0.15) is 0 Å². The number of hydrogen-bond acceptors (Lipinski definition) is 8. The van der Waals surface area contributed by atoms with Gasteiger partial charge in [-0.15, -0.1) is 0 Å². The zero-order valence-corrected chi connectivity index (χ0v) is 21.6. The van der Waals surface area contributed by atoms with Crippen molar-refractivity contribution in [3.8, 4) is 23.0 Å². The fraction of sp³-hybridized carbons (Fsp3) is 0.435. The first-order valence-electron chi connectivity index (χ1n) is 10.7. The van der Waals surface area contributed by atoms with Crippen LogP contribution < -0.4 is 24.4 Å². The average Bonchev–Trinajstić information content (AvgIpc) is 3.34. The van der Waals surface area contributed by atoms with E-state index in [9.17, 15) is 13.2 Å². The standard InChI is InChI=1S/C23H28BrNO8S/c1-30-18-9-8-16(12-19(18)33-15-6-4-5-7-15)34(28,29)21(13-22(26)25-27)14-10-17(24)23(32-3)20(11-14)31-2/h8-12,15,21,27H,4-7,13H2,1-3H3,(H,25,26). The lowest BCUT2D eigenvalue weighted by atomic mass is 10.1. The highest BCUT2D eigenvalue weighted by atomic mass is 79.9. The Labute approximate surface area is 207 Å². The molecule has 2 aromatic carbocycles. The molecule has 2 aromatic rings. The van der Waals surface area contributed by atoms with Crippen LogP contribution in [0.4, 0.5) is 0 Å². The zero-order chi connectivity index (χ0) is 24.9. The molecule has 1 saturated carbocycles. The minimum Gasteiger partial charge on any atom is -0.493 e. The Morgan fingerprint density at radius 2 is 1.74 bits per heavy atom. The molecule has 2 N–H and O–H groups in total. The van der Waals surface area contributed by atoms with Crippen molar-refractivity contribution in [2.24, 2.45) is 0 Å². The molecule has 1 aliphatic rings. The summed E-state index contributed by atoms with van der Waals surface area (Å²) in [4.78, 5) is 12.1. The van der Waals surface area contributed by atoms with E-state index in [1.165, 1.54) is 51.1 Å². The number of methoxy groups -OCH3 is 3. The highest BCUT2D eigenvalue weighted by molar-refractivity contribution is 9.10. The van der Waals surface area contributed by atoms with Gasteiger partial charge >= 0.3 is 0 Å². The van der Waals surface area contributed by atoms with E-state index in [1.54, 1.807) is 6.07 Å². The third kappa shape index (κ3) is 5.59. The lowest BCUT2D eigenvalue weighted by molar-refractivity contribution is -0.129. The molecule has 3 rings (SSSR count). The predicted octanol–water partition coefficient (Wildman–Crippen LogP) is 4.21. The number of carbonyl (C=O) groups is 1. The molecular formula is C23H28BrNO8S. The average molecular weight is 558 g/mol. The minimum atomic E-state index is -4.13. The van der Waals surface area contributed by atoms with Crippen LogP contribution in [0.3, 0.4) is 0 Å². The van der Waals surface area contributed by atoms with Gasteiger partial charge in [0.05, 0.1) is 42.1 Å². The molecule has 0 heterocycles. The molecule has 1 atom stereocenters. The molecule has 0 aromatic heterocycles. The van der Waals surface area contributed by atoms with Gasteiger partial charge in [-0.3, -0.25) is 10.0 Å². The molecule has 0 spiro atoms. The summed E-state index contributed by atoms with van der Waals surface area (Å²) in [6, 6.07) is 7.41. The van der Waals surface area contributed by atoms with E-state index in [1.807, 2.05) is 0 Å². The number of benzene rings is 2. The first kappa shape index (κ1) is 26.1. The maximum atomic E-state index is 13.8. The third-order valence-corrected chi connectivity index (χ3v) is 8.45. The van der Waals surface area contributed by atoms with Crippen molar-refractivity contribution in [2.75, 3.05) is 21.3 Å². The van der Waals surface area contributed by atoms with Crippen molar-refractivity contribution >= 4 is 31.7 Å². The highest BCUT2D eigenvalue weighted by Gasteiger charge is 2.34. The summed E-state index contributed by atoms with van der Waals surface area (Å²) in [6.45, 7) is 0. The Balaban J connectivity index is 2.09. The van der Waals surface area contributed by atoms with E-state index < -0.39 is 27.4 Å². The van der Waals surface area contributed by atoms with Gasteiger partial charge in [-0.05, 0) is 71.4 Å². The summed E-state index contributed by atoms with van der Waals surface area (Å²) < 4.78 is 50.1. The van der Waals surface area contributed by atoms with Gasteiger partial charge in [0.25, 0.3) is 0 Å². The maximum absolute atomic E-state index is 13.8. The maximum Gasteiger partial charge on any atom is 0.244 e. The Hall–Kier alpha value is -2.50. The molecule has 34 heavy (non-hydrogen) atoms. The lowest BCUT2D eigenvalue weighted by Gasteiger charge is -2.21. The van der Waals surface area contributed by atoms with Crippen molar-refractivity contribution in [1.29, 1.82) is 0 Å². The second-order valence-corrected chi connectivity index (χ2v) is 10.8. The van der Waals surface area contributed by atoms with E-state index in [0.717, 1.165) is 25.7 Å². The molecule has 11 heteroatoms. The Bertz CT molecular complexity index is 1130. The summed E-state index contributed by atoms with van der Waals surface area (Å²) in [5.41, 5.74) is 1.80. The molecule has 186 valence electrons. The molecular weight excluding hydrogens is 530 g/mol. The van der Waals surface area contributed by atoms with Gasteiger partial charge in [-0.2, -0.15) is 0 Å². The summed E-state index contributed by atoms with van der Waals surface area (Å²) in [5, 5.41) is 7.76. The number of sulfone groups is 1. The molecule has 0 radical (unpaired) electrons. The number of halogens is 1. The van der Waals surface area contributed by atoms with Gasteiger partial charge in [0, 0.05) is 12.5 Å². The lowest BCUT2D eigenvalue weighted by Crippen LogP contribution is -2.25. The van der Waals surface area contributed by atoms with Crippen LogP contribution in [0, 0.1) is 0 Å². The molecule has 1 aliphatic carbocycles. The Morgan fingerprint density at radius 3 is 2.32 bits per heavy atom. The van der Waals surface area contributed by atoms with Crippen LogP contribution in [0.1, 0.15) is 42.9 Å². The highest BCUT2D eigenvalue weighted by Crippen LogP contribution is 2.43. The third-order valence-electron chi connectivity index (χ3n) is 5.76. The molecule has 1 fully saturated rings. The zero-order valence-electron chi connectivity index (χ0n) is 19.2. The van der Waals surface area contributed by atoms with E-state index >= 15 is 0 Å². The smallest absolute Gasteiger partial charge is 0.244 e. The molecule has 0 aliphatic heterocycles. The van der Waals surface area contributed by atoms with Crippen LogP contribution in [0.2, 0.25) is 0 Å². The van der Waals surface area contributed by atoms with Crippen LogP contribution in [-0.4, -0.2) is 47.0 Å². The van der Waals surface area contributed by atoms with E-state index in [-0.39, 0.29) is 22.3 Å². The Kier molecular flexibility index (Phi) is 8.67. The predicted molar refractivity (Wildman–Crippen MR) is 128 cm³/mol. The topological polar surface area (TPSA) is 120 Å². The van der Waals surface area contributed by atoms with Gasteiger partial charge in [0.15, 0.2) is 32.8 Å². The van der Waals surface area contributed by atoms with Crippen LogP contribution in [0.5, 0.6) is 23.0 Å². The van der Waals surface area contributed by atoms with Gasteiger partial charge in [-0.1, -0.05) is 0 Å². The van der Waals surface area contributed by atoms with Gasteiger partial charge in [0.2, 0.25) is 5.91 Å². The molecule has 0 bridgehead atoms. The molecule has 0 saturated heterocycles. The number of ether oxygens (including phenoxy) is 4. The quantitative estimate of drug-likeness (QED) is 0.329. The normalized spacial score (nSPS) is 15.0. The van der Waals surface area contributed by atoms with Crippen LogP contribution in [-0.2, 0) is 14.6 Å². The Morgan fingerprint density at radius 1 is 1.06 bits per heavy atom. The van der Waals surface area contributed by atoms with Crippen LogP contribution in [0.15, 0.2) is 39.7 Å². The number of hydroxylamine groups is 1. The number of carbonyl (C=O) groups excluding carboxylic acids is 1. The second kappa shape index (κ2) is 11.3. The summed E-state index contributed by atoms with van der Waals surface area (Å²) in [5.74, 6) is 0.566. The minimum absolute atomic E-state index is 0.00961. The van der Waals surface area contributed by atoms with Crippen LogP contribution >= 0.6 is 15.9 Å². The molecule has 9 nitrogen and oxygen atoms in total. The van der Waals surface area contributed by atoms with Crippen molar-refractivity contribution < 1.29 is 37.4 Å². The fourth-order valence-corrected chi connectivity index (χ4v) is 6.36. The van der Waals surface area contributed by atoms with E-state index in [0.29, 0.717) is 21.7 Å². The number of nitrogens with one attached hydrogen (secondary N) is 1. The SMILES string of the molecule is COc1ccc(S(=O)(=O)C(CC(=O)NO)c2cc(Br)c(OC)c(OC)c2)cc1OC1CCCC1. The fourth-order valence-electron chi connectivity index (χ4n) is 4.02. The number of hydrogen-bond donors (Lipinski definition) is 2. The monoisotopic (exact) mass is 557 g/mol. The van der Waals surface area contributed by atoms with Crippen LogP contribution in [0.25, 0.3) is 0 Å². The van der Waals surface area contributed by atoms with Gasteiger partial charge in [-0.25, -0.2) is 13.9 Å². The van der Waals surface area contributed by atoms with Gasteiger partial charge < -0.3 is 18.9 Å². The van der Waals surface area contributed by atoms with E-state index in [4.69, 9.17) is 24.2 Å². The number of amides is 1. The first-order chi connectivity index (χ1) is 16.2. The largest absolute Gasteiger partial charge is 0.493 e. The van der Waals surface area contributed by atoms with Crippen molar-refractivity contribution in [1.82, 2.24) is 5.48 Å². The molecule has 1 amide bonds. The van der Waals surface area contributed by atoms with Crippen molar-refractivity contribution in [3.05, 3.63) is 40.4 Å². The summed E-state index contributed by atoms with van der Waals surface area (Å²) in [7, 11) is 0.242. The van der Waals surface area contributed by atoms with E-state index in [2.05, 4.69) is 15.9 Å². The van der Waals surface area contributed by atoms with Crippen molar-refractivity contribution in [2.45, 2.75) is 48.4 Å². The summed E-state index contributed by atoms with van der Waals surface area (Å²) in [6.07, 6.45) is 3.35. The molecule has 1 unspecified atom stereocenters. The van der Waals surface area contributed by atoms with Crippen molar-refractivity contribution in [3.63, 3.8) is 0 Å². The number of rotatable bonds is 10. The first-order valence-corrected chi connectivity index (χ1v) is 13.0. The summed E-state index contributed by atoms with van der Waals surface area (Å²) >= 11 is 3.37. The second-order valence-electron chi connectivity index (χ2n) is 7.85.